The maximum absolute atomic E-state index is 12.4. The van der Waals surface area contributed by atoms with E-state index in [0.29, 0.717) is 24.6 Å². The van der Waals surface area contributed by atoms with E-state index in [1.807, 2.05) is 36.6 Å². The highest BCUT2D eigenvalue weighted by Crippen LogP contribution is 2.08. The van der Waals surface area contributed by atoms with Crippen LogP contribution >= 0.6 is 11.8 Å². The normalized spacial score (nSPS) is 13.5. The third-order valence-corrected chi connectivity index (χ3v) is 4.31. The average molecular weight is 351 g/mol. The van der Waals surface area contributed by atoms with Crippen LogP contribution in [0.1, 0.15) is 32.8 Å². The van der Waals surface area contributed by atoms with Gasteiger partial charge in [0.25, 0.3) is 0 Å². The third-order valence-electron chi connectivity index (χ3n) is 3.73. The third kappa shape index (κ3) is 8.50. The van der Waals surface area contributed by atoms with E-state index in [-0.39, 0.29) is 23.8 Å². The molecule has 0 aliphatic carbocycles. The molecule has 2 unspecified atom stereocenters. The Morgan fingerprint density at radius 3 is 2.38 bits per heavy atom. The summed E-state index contributed by atoms with van der Waals surface area (Å²) in [6.45, 7) is 6.41. The first-order valence-electron chi connectivity index (χ1n) is 8.48. The van der Waals surface area contributed by atoms with Gasteiger partial charge in [0.2, 0.25) is 5.91 Å². The van der Waals surface area contributed by atoms with Gasteiger partial charge in [-0.15, -0.1) is 0 Å². The number of carbonyl (C=O) groups is 2. The second-order valence-corrected chi connectivity index (χ2v) is 7.44. The highest BCUT2D eigenvalue weighted by atomic mass is 32.2. The van der Waals surface area contributed by atoms with Crippen LogP contribution in [0, 0.1) is 5.92 Å². The van der Waals surface area contributed by atoms with Gasteiger partial charge in [0.1, 0.15) is 0 Å². The van der Waals surface area contributed by atoms with Gasteiger partial charge in [-0.2, -0.15) is 11.8 Å². The topological polar surface area (TPSA) is 58.2 Å². The van der Waals surface area contributed by atoms with E-state index in [1.165, 1.54) is 6.92 Å². The van der Waals surface area contributed by atoms with Gasteiger partial charge in [-0.3, -0.25) is 9.59 Å². The van der Waals surface area contributed by atoms with Crippen molar-refractivity contribution in [2.45, 2.75) is 45.7 Å². The fourth-order valence-electron chi connectivity index (χ4n) is 2.73. The molecule has 4 nitrogen and oxygen atoms in total. The Kier molecular flexibility index (Phi) is 9.72. The molecule has 2 atom stereocenters. The summed E-state index contributed by atoms with van der Waals surface area (Å²) < 4.78 is 0. The summed E-state index contributed by atoms with van der Waals surface area (Å²) in [5, 5.41) is 6.37. The summed E-state index contributed by atoms with van der Waals surface area (Å²) >= 11 is 1.54. The van der Waals surface area contributed by atoms with Gasteiger partial charge in [-0.05, 0) is 30.6 Å². The number of rotatable bonds is 11. The van der Waals surface area contributed by atoms with E-state index in [2.05, 4.69) is 24.5 Å². The molecule has 134 valence electrons. The van der Waals surface area contributed by atoms with Crippen LogP contribution in [0.3, 0.4) is 0 Å². The SMILES string of the molecule is CSCC(=O)C(Cc1ccccc1)NCC(CC(C)C)NC(C)=O. The van der Waals surface area contributed by atoms with Crippen LogP contribution in [0.25, 0.3) is 0 Å². The maximum Gasteiger partial charge on any atom is 0.217 e. The van der Waals surface area contributed by atoms with E-state index < -0.39 is 0 Å². The van der Waals surface area contributed by atoms with Crippen molar-refractivity contribution in [2.75, 3.05) is 18.6 Å². The lowest BCUT2D eigenvalue weighted by Gasteiger charge is -2.24. The summed E-state index contributed by atoms with van der Waals surface area (Å²) in [5.74, 6) is 1.16. The summed E-state index contributed by atoms with van der Waals surface area (Å²) in [5.41, 5.74) is 1.14. The molecule has 0 aliphatic rings. The lowest BCUT2D eigenvalue weighted by Crippen LogP contribution is -2.48. The van der Waals surface area contributed by atoms with E-state index in [4.69, 9.17) is 0 Å². The van der Waals surface area contributed by atoms with Gasteiger partial charge in [0, 0.05) is 19.5 Å². The van der Waals surface area contributed by atoms with Crippen LogP contribution in [-0.2, 0) is 16.0 Å². The van der Waals surface area contributed by atoms with Gasteiger partial charge in [-0.25, -0.2) is 0 Å². The molecule has 1 aromatic carbocycles. The van der Waals surface area contributed by atoms with Gasteiger partial charge in [0.15, 0.2) is 5.78 Å². The first kappa shape index (κ1) is 20.7. The molecule has 0 saturated carbocycles. The minimum Gasteiger partial charge on any atom is -0.352 e. The van der Waals surface area contributed by atoms with Crippen molar-refractivity contribution >= 4 is 23.5 Å². The molecule has 0 saturated heterocycles. The number of carbonyl (C=O) groups excluding carboxylic acids is 2. The summed E-state index contributed by atoms with van der Waals surface area (Å²) in [4.78, 5) is 23.8. The Hall–Kier alpha value is -1.33. The number of hydrogen-bond donors (Lipinski definition) is 2. The first-order valence-corrected chi connectivity index (χ1v) is 9.87. The van der Waals surface area contributed by atoms with E-state index in [9.17, 15) is 9.59 Å². The first-order chi connectivity index (χ1) is 11.4. The molecule has 2 N–H and O–H groups in total. The van der Waals surface area contributed by atoms with Crippen molar-refractivity contribution in [3.8, 4) is 0 Å². The highest BCUT2D eigenvalue weighted by molar-refractivity contribution is 7.99. The number of thioether (sulfide) groups is 1. The number of Topliss-reactive ketones (excluding diaryl/α,β-unsaturated/α-hetero) is 1. The standard InChI is InChI=1S/C19H30N2O2S/c1-14(2)10-17(21-15(3)22)12-20-18(19(23)13-24-4)11-16-8-6-5-7-9-16/h5-9,14,17-18,20H,10-13H2,1-4H3,(H,21,22). The van der Waals surface area contributed by atoms with Gasteiger partial charge in [0.05, 0.1) is 11.8 Å². The highest BCUT2D eigenvalue weighted by Gasteiger charge is 2.20. The fraction of sp³-hybridized carbons (Fsp3) is 0.579. The van der Waals surface area contributed by atoms with Crippen LogP contribution in [0.15, 0.2) is 30.3 Å². The van der Waals surface area contributed by atoms with Gasteiger partial charge < -0.3 is 10.6 Å². The predicted octanol–water partition coefficient (Wildman–Crippen LogP) is 2.67. The molecule has 24 heavy (non-hydrogen) atoms. The largest absolute Gasteiger partial charge is 0.352 e. The number of nitrogens with one attached hydrogen (secondary N) is 2. The number of hydrogen-bond acceptors (Lipinski definition) is 4. The van der Waals surface area contributed by atoms with Gasteiger partial charge >= 0.3 is 0 Å². The molecule has 0 bridgehead atoms. The van der Waals surface area contributed by atoms with Crippen LogP contribution in [0.5, 0.6) is 0 Å². The molecular formula is C19H30N2O2S. The zero-order valence-electron chi connectivity index (χ0n) is 15.2. The monoisotopic (exact) mass is 350 g/mol. The smallest absolute Gasteiger partial charge is 0.217 e. The van der Waals surface area contributed by atoms with Crippen molar-refractivity contribution in [2.24, 2.45) is 5.92 Å². The van der Waals surface area contributed by atoms with E-state index >= 15 is 0 Å². The van der Waals surface area contributed by atoms with Crippen LogP contribution in [0.2, 0.25) is 0 Å². The second-order valence-electron chi connectivity index (χ2n) is 6.58. The Morgan fingerprint density at radius 2 is 1.83 bits per heavy atom. The van der Waals surface area contributed by atoms with Crippen LogP contribution in [-0.4, -0.2) is 42.3 Å². The number of amides is 1. The van der Waals surface area contributed by atoms with E-state index in [0.717, 1.165) is 12.0 Å². The quantitative estimate of drug-likeness (QED) is 0.644. The Bertz CT molecular complexity index is 505. The zero-order valence-corrected chi connectivity index (χ0v) is 16.0. The fourth-order valence-corrected chi connectivity index (χ4v) is 3.21. The second kappa shape index (κ2) is 11.3. The summed E-state index contributed by atoms with van der Waals surface area (Å²) in [6.07, 6.45) is 3.51. The maximum atomic E-state index is 12.4. The summed E-state index contributed by atoms with van der Waals surface area (Å²) in [7, 11) is 0. The Balaban J connectivity index is 2.71. The van der Waals surface area contributed by atoms with Crippen molar-refractivity contribution in [3.05, 3.63) is 35.9 Å². The molecule has 1 rings (SSSR count). The Labute approximate surface area is 150 Å². The molecule has 1 aromatic rings. The number of ketones is 1. The van der Waals surface area contributed by atoms with Crippen LogP contribution in [0.4, 0.5) is 0 Å². The van der Waals surface area contributed by atoms with E-state index in [1.54, 1.807) is 11.8 Å². The lowest BCUT2D eigenvalue weighted by atomic mass is 10.0. The molecule has 0 aromatic heterocycles. The predicted molar refractivity (Wildman–Crippen MR) is 102 cm³/mol. The summed E-state index contributed by atoms with van der Waals surface area (Å²) in [6, 6.07) is 9.87. The lowest BCUT2D eigenvalue weighted by molar-refractivity contribution is -0.119. The average Bonchev–Trinajstić information content (AvgIpc) is 2.51. The molecule has 5 heteroatoms. The molecule has 1 amide bonds. The van der Waals surface area contributed by atoms with Crippen molar-refractivity contribution < 1.29 is 9.59 Å². The zero-order chi connectivity index (χ0) is 17.9. The number of benzene rings is 1. The minimum absolute atomic E-state index is 0.0301. The molecular weight excluding hydrogens is 320 g/mol. The molecule has 0 radical (unpaired) electrons. The Morgan fingerprint density at radius 1 is 1.17 bits per heavy atom. The van der Waals surface area contributed by atoms with Gasteiger partial charge in [-0.1, -0.05) is 44.2 Å². The van der Waals surface area contributed by atoms with Crippen molar-refractivity contribution in [3.63, 3.8) is 0 Å². The van der Waals surface area contributed by atoms with Crippen molar-refractivity contribution in [1.82, 2.24) is 10.6 Å². The molecule has 0 fully saturated rings. The molecule has 0 aliphatic heterocycles. The van der Waals surface area contributed by atoms with Crippen molar-refractivity contribution in [1.29, 1.82) is 0 Å². The minimum atomic E-state index is -0.219. The molecule has 0 spiro atoms. The molecule has 0 heterocycles. The van der Waals surface area contributed by atoms with Crippen LogP contribution < -0.4 is 10.6 Å².